The van der Waals surface area contributed by atoms with Crippen molar-refractivity contribution in [2.24, 2.45) is 0 Å². The van der Waals surface area contributed by atoms with E-state index in [9.17, 15) is 14.7 Å². The van der Waals surface area contributed by atoms with Crippen LogP contribution >= 0.6 is 23.2 Å². The number of ether oxygens (including phenoxy) is 1. The number of hydrogen-bond acceptors (Lipinski definition) is 7. The summed E-state index contributed by atoms with van der Waals surface area (Å²) < 4.78 is 21.3. The Morgan fingerprint density at radius 3 is 2.63 bits per heavy atom. The lowest BCUT2D eigenvalue weighted by molar-refractivity contribution is -0.128. The summed E-state index contributed by atoms with van der Waals surface area (Å²) in [6, 6.07) is 1.90. The number of aromatic hydroxyl groups is 1. The van der Waals surface area contributed by atoms with E-state index in [1.807, 2.05) is 18.9 Å². The van der Waals surface area contributed by atoms with E-state index in [-0.39, 0.29) is 63.6 Å². The second-order valence-electron chi connectivity index (χ2n) is 9.81. The molecule has 3 aliphatic rings. The minimum absolute atomic E-state index is 0.0360. The second-order valence-corrected chi connectivity index (χ2v) is 10.6. The highest BCUT2D eigenvalue weighted by Gasteiger charge is 2.41. The van der Waals surface area contributed by atoms with E-state index in [4.69, 9.17) is 32.9 Å². The molecule has 3 aliphatic heterocycles. The number of phenols is 1. The molecule has 0 aliphatic carbocycles. The fraction of sp³-hybridized carbons (Fsp3) is 0.423. The van der Waals surface area contributed by atoms with E-state index in [0.29, 0.717) is 32.0 Å². The zero-order valence-corrected chi connectivity index (χ0v) is 22.6. The van der Waals surface area contributed by atoms with Crippen LogP contribution < -0.4 is 9.64 Å². The highest BCUT2D eigenvalue weighted by molar-refractivity contribution is 6.36. The van der Waals surface area contributed by atoms with Crippen molar-refractivity contribution in [1.29, 1.82) is 0 Å². The second kappa shape index (κ2) is 10.2. The molecule has 0 bridgehead atoms. The van der Waals surface area contributed by atoms with Gasteiger partial charge in [0, 0.05) is 45.3 Å². The maximum absolute atomic E-state index is 15.1. The van der Waals surface area contributed by atoms with Crippen LogP contribution in [0.1, 0.15) is 17.3 Å². The van der Waals surface area contributed by atoms with E-state index in [2.05, 4.69) is 11.5 Å². The number of pyridine rings is 1. The van der Waals surface area contributed by atoms with Crippen LogP contribution in [-0.2, 0) is 4.79 Å². The third-order valence-electron chi connectivity index (χ3n) is 7.36. The molecule has 0 radical (unpaired) electrons. The Hall–Kier alpha value is -3.08. The average molecular weight is 564 g/mol. The van der Waals surface area contributed by atoms with Crippen molar-refractivity contribution in [1.82, 2.24) is 19.7 Å². The number of nitrogens with zero attached hydrogens (tertiary/aromatic N) is 5. The molecule has 2 saturated heterocycles. The van der Waals surface area contributed by atoms with Crippen LogP contribution in [0.25, 0.3) is 11.3 Å². The summed E-state index contributed by atoms with van der Waals surface area (Å²) in [5.74, 6) is -1.46. The first kappa shape index (κ1) is 26.5. The number of piperazine rings is 2. The Labute approximate surface area is 230 Å². The zero-order valence-electron chi connectivity index (χ0n) is 21.1. The molecule has 2 aromatic rings. The van der Waals surface area contributed by atoms with Crippen molar-refractivity contribution >= 4 is 40.8 Å². The molecule has 0 spiro atoms. The van der Waals surface area contributed by atoms with Gasteiger partial charge in [-0.25, -0.2) is 9.37 Å². The Kier molecular flexibility index (Phi) is 7.15. The van der Waals surface area contributed by atoms with Gasteiger partial charge in [-0.05, 0) is 32.2 Å². The topological polar surface area (TPSA) is 89.5 Å². The number of halogens is 3. The largest absolute Gasteiger partial charge is 0.506 e. The fourth-order valence-electron chi connectivity index (χ4n) is 5.37. The zero-order chi connectivity index (χ0) is 27.3. The highest BCUT2D eigenvalue weighted by atomic mass is 35.5. The lowest BCUT2D eigenvalue weighted by Crippen LogP contribution is -2.57. The smallest absolute Gasteiger partial charge is 0.261 e. The Morgan fingerprint density at radius 2 is 1.92 bits per heavy atom. The normalized spacial score (nSPS) is 21.9. The van der Waals surface area contributed by atoms with Crippen molar-refractivity contribution in [3.05, 3.63) is 46.2 Å². The molecular weight excluding hydrogens is 536 g/mol. The molecule has 1 aromatic carbocycles. The number of aromatic nitrogens is 1. The van der Waals surface area contributed by atoms with E-state index in [0.717, 1.165) is 12.6 Å². The number of likely N-dealkylation sites (N-methyl/N-ethyl adjacent to an activating group) is 1. The van der Waals surface area contributed by atoms with Crippen LogP contribution in [0.5, 0.6) is 11.5 Å². The molecule has 5 rings (SSSR count). The van der Waals surface area contributed by atoms with Gasteiger partial charge >= 0.3 is 0 Å². The van der Waals surface area contributed by atoms with E-state index < -0.39 is 17.6 Å². The number of anilines is 1. The lowest BCUT2D eigenvalue weighted by atomic mass is 10.0. The first-order valence-electron chi connectivity index (χ1n) is 12.3. The number of carbonyl (C=O) groups is 2. The van der Waals surface area contributed by atoms with E-state index in [1.54, 1.807) is 9.80 Å². The van der Waals surface area contributed by atoms with E-state index in [1.165, 1.54) is 12.1 Å². The van der Waals surface area contributed by atoms with Crippen molar-refractivity contribution < 1.29 is 23.8 Å². The third kappa shape index (κ3) is 4.44. The quantitative estimate of drug-likeness (QED) is 0.573. The summed E-state index contributed by atoms with van der Waals surface area (Å²) in [6.45, 7) is 8.53. The highest BCUT2D eigenvalue weighted by Crippen LogP contribution is 2.47. The molecule has 4 heterocycles. The Balaban J connectivity index is 1.68. The summed E-state index contributed by atoms with van der Waals surface area (Å²) in [6.07, 6.45) is 1.25. The lowest BCUT2D eigenvalue weighted by Gasteiger charge is -2.41. The Morgan fingerprint density at radius 1 is 1.18 bits per heavy atom. The molecule has 0 unspecified atom stereocenters. The van der Waals surface area contributed by atoms with Crippen LogP contribution in [0.3, 0.4) is 0 Å². The molecular formula is C26H28Cl2FN5O4. The van der Waals surface area contributed by atoms with Crippen LogP contribution in [0.4, 0.5) is 10.2 Å². The van der Waals surface area contributed by atoms with Crippen LogP contribution in [0.2, 0.25) is 10.0 Å². The number of carbonyl (C=O) groups excluding carboxylic acids is 2. The van der Waals surface area contributed by atoms with Crippen molar-refractivity contribution in [3.63, 3.8) is 0 Å². The monoisotopic (exact) mass is 563 g/mol. The summed E-state index contributed by atoms with van der Waals surface area (Å²) in [4.78, 5) is 38.5. The summed E-state index contributed by atoms with van der Waals surface area (Å²) in [7, 11) is 2.01. The molecule has 1 aromatic heterocycles. The molecule has 2 fully saturated rings. The van der Waals surface area contributed by atoms with Crippen LogP contribution in [-0.4, -0.2) is 102 Å². The molecule has 12 heteroatoms. The molecule has 202 valence electrons. The van der Waals surface area contributed by atoms with Crippen LogP contribution in [0, 0.1) is 5.82 Å². The van der Waals surface area contributed by atoms with Gasteiger partial charge in [0.25, 0.3) is 5.91 Å². The van der Waals surface area contributed by atoms with E-state index >= 15 is 4.39 Å². The molecule has 1 N–H and O–H groups in total. The van der Waals surface area contributed by atoms with Gasteiger partial charge in [0.2, 0.25) is 5.91 Å². The summed E-state index contributed by atoms with van der Waals surface area (Å²) >= 11 is 12.9. The minimum atomic E-state index is -0.769. The number of benzene rings is 1. The van der Waals surface area contributed by atoms with Gasteiger partial charge in [-0.2, -0.15) is 0 Å². The maximum Gasteiger partial charge on any atom is 0.261 e. The number of fused-ring (bicyclic) bond motifs is 2. The van der Waals surface area contributed by atoms with Gasteiger partial charge in [-0.1, -0.05) is 29.8 Å². The first-order chi connectivity index (χ1) is 18.1. The Bertz CT molecular complexity index is 1330. The van der Waals surface area contributed by atoms with Crippen LogP contribution in [0.15, 0.2) is 24.8 Å². The standard InChI is InChI=1S/C26H28Cl2FN5O4/c1-4-18(35)32-8-10-34-15(12-32)13-38-24-20(26(34)37)25(33-9-7-31(3)11-14(33)2)30-22(21(24)28)19-17(29)6-5-16(27)23(19)36/h4-6,14-15,36H,1,7-13H2,2-3H3/t14-,15+/m0/s1. The molecule has 0 saturated carbocycles. The van der Waals surface area contributed by atoms with Gasteiger partial charge in [0.15, 0.2) is 5.75 Å². The first-order valence-corrected chi connectivity index (χ1v) is 13.1. The fourth-order valence-corrected chi connectivity index (χ4v) is 5.81. The predicted molar refractivity (Wildman–Crippen MR) is 143 cm³/mol. The van der Waals surface area contributed by atoms with Gasteiger partial charge in [0.1, 0.15) is 40.3 Å². The third-order valence-corrected chi connectivity index (χ3v) is 8.01. The summed E-state index contributed by atoms with van der Waals surface area (Å²) in [5, 5.41) is 10.5. The average Bonchev–Trinajstić information content (AvgIpc) is 3.04. The maximum atomic E-state index is 15.1. The predicted octanol–water partition coefficient (Wildman–Crippen LogP) is 3.27. The minimum Gasteiger partial charge on any atom is -0.506 e. The van der Waals surface area contributed by atoms with Gasteiger partial charge in [-0.15, -0.1) is 0 Å². The van der Waals surface area contributed by atoms with Crippen molar-refractivity contribution in [2.45, 2.75) is 19.0 Å². The summed E-state index contributed by atoms with van der Waals surface area (Å²) in [5.41, 5.74) is -0.155. The molecule has 38 heavy (non-hydrogen) atoms. The molecule has 2 amide bonds. The van der Waals surface area contributed by atoms with Gasteiger partial charge < -0.3 is 29.4 Å². The SMILES string of the molecule is C=CC(=O)N1CCN2C(=O)c3c(N4CCN(C)C[C@@H]4C)nc(-c4c(F)ccc(Cl)c4O)c(Cl)c3OC[C@H]2C1. The number of hydrogen-bond donors (Lipinski definition) is 1. The number of amides is 2. The van der Waals surface area contributed by atoms with Crippen molar-refractivity contribution in [2.75, 3.05) is 57.8 Å². The molecule has 2 atom stereocenters. The number of rotatable bonds is 3. The van der Waals surface area contributed by atoms with Crippen molar-refractivity contribution in [3.8, 4) is 22.8 Å². The molecule has 9 nitrogen and oxygen atoms in total. The number of phenolic OH excluding ortho intramolecular Hbond substituents is 1. The van der Waals surface area contributed by atoms with Gasteiger partial charge in [-0.3, -0.25) is 9.59 Å². The van der Waals surface area contributed by atoms with Gasteiger partial charge in [0.05, 0.1) is 16.6 Å².